The molecular formula is C15H26N4O3. The number of aromatic nitrogens is 2. The van der Waals surface area contributed by atoms with Crippen LogP contribution in [0.25, 0.3) is 0 Å². The second-order valence-electron chi connectivity index (χ2n) is 6.34. The Balaban J connectivity index is 2.40. The van der Waals surface area contributed by atoms with Crippen LogP contribution in [0.2, 0.25) is 0 Å². The number of rotatable bonds is 7. The van der Waals surface area contributed by atoms with Crippen LogP contribution in [0.3, 0.4) is 0 Å². The van der Waals surface area contributed by atoms with Crippen molar-refractivity contribution in [1.29, 1.82) is 0 Å². The first-order chi connectivity index (χ1) is 10.2. The van der Waals surface area contributed by atoms with Crippen molar-refractivity contribution < 1.29 is 14.1 Å². The Morgan fingerprint density at radius 1 is 1.32 bits per heavy atom. The van der Waals surface area contributed by atoms with E-state index in [2.05, 4.69) is 20.8 Å². The lowest BCUT2D eigenvalue weighted by Gasteiger charge is -2.13. The van der Waals surface area contributed by atoms with Gasteiger partial charge in [-0.25, -0.2) is 0 Å². The summed E-state index contributed by atoms with van der Waals surface area (Å²) in [4.78, 5) is 27.8. The summed E-state index contributed by atoms with van der Waals surface area (Å²) in [6, 6.07) is -0.549. The summed E-state index contributed by atoms with van der Waals surface area (Å²) in [6.07, 6.45) is 1.43. The van der Waals surface area contributed by atoms with Crippen LogP contribution >= 0.6 is 0 Å². The largest absolute Gasteiger partial charge is 0.354 e. The van der Waals surface area contributed by atoms with Crippen LogP contribution in [-0.2, 0) is 21.4 Å². The highest BCUT2D eigenvalue weighted by Gasteiger charge is 2.21. The monoisotopic (exact) mass is 310 g/mol. The summed E-state index contributed by atoms with van der Waals surface area (Å²) < 4.78 is 5.13. The smallest absolute Gasteiger partial charge is 0.242 e. The molecule has 1 heterocycles. The summed E-state index contributed by atoms with van der Waals surface area (Å²) in [6.45, 7) is 10.2. The average molecular weight is 310 g/mol. The first-order valence-corrected chi connectivity index (χ1v) is 7.64. The third-order valence-corrected chi connectivity index (χ3v) is 3.02. The van der Waals surface area contributed by atoms with Crippen LogP contribution in [-0.4, -0.2) is 34.5 Å². The van der Waals surface area contributed by atoms with Gasteiger partial charge in [-0.1, -0.05) is 32.9 Å². The van der Waals surface area contributed by atoms with Gasteiger partial charge < -0.3 is 15.2 Å². The summed E-state index contributed by atoms with van der Waals surface area (Å²) in [5.41, 5.74) is -0.185. The van der Waals surface area contributed by atoms with E-state index in [0.29, 0.717) is 24.7 Å². The molecule has 0 aromatic carbocycles. The molecule has 0 bridgehead atoms. The molecule has 124 valence electrons. The van der Waals surface area contributed by atoms with Gasteiger partial charge in [-0.3, -0.25) is 9.59 Å². The van der Waals surface area contributed by atoms with E-state index < -0.39 is 6.04 Å². The van der Waals surface area contributed by atoms with Gasteiger partial charge in [0, 0.05) is 24.8 Å². The maximum atomic E-state index is 11.8. The van der Waals surface area contributed by atoms with E-state index in [9.17, 15) is 9.59 Å². The van der Waals surface area contributed by atoms with E-state index in [4.69, 9.17) is 4.52 Å². The number of aryl methyl sites for hydroxylation is 1. The molecule has 0 aliphatic carbocycles. The van der Waals surface area contributed by atoms with Gasteiger partial charge in [-0.2, -0.15) is 4.98 Å². The normalized spacial score (nSPS) is 12.8. The van der Waals surface area contributed by atoms with Crippen molar-refractivity contribution >= 4 is 11.8 Å². The summed E-state index contributed by atoms with van der Waals surface area (Å²) in [5.74, 6) is 0.663. The molecule has 2 N–H and O–H groups in total. The quantitative estimate of drug-likeness (QED) is 0.792. The lowest BCUT2D eigenvalue weighted by atomic mass is 9.96. The fraction of sp³-hybridized carbons (Fsp3) is 0.733. The molecule has 0 fully saturated rings. The summed E-state index contributed by atoms with van der Waals surface area (Å²) in [5, 5.41) is 9.30. The molecule has 22 heavy (non-hydrogen) atoms. The fourth-order valence-electron chi connectivity index (χ4n) is 1.66. The van der Waals surface area contributed by atoms with Gasteiger partial charge in [-0.15, -0.1) is 0 Å². The van der Waals surface area contributed by atoms with Gasteiger partial charge in [0.1, 0.15) is 6.04 Å². The number of hydrogen-bond acceptors (Lipinski definition) is 5. The molecule has 0 saturated carbocycles. The number of hydrogen-bond donors (Lipinski definition) is 2. The van der Waals surface area contributed by atoms with E-state index >= 15 is 0 Å². The molecule has 0 aliphatic rings. The van der Waals surface area contributed by atoms with Crippen LogP contribution in [0.4, 0.5) is 0 Å². The molecule has 1 atom stereocenters. The topological polar surface area (TPSA) is 97.1 Å². The zero-order valence-electron chi connectivity index (χ0n) is 14.0. The second kappa shape index (κ2) is 7.91. The molecule has 0 radical (unpaired) electrons. The highest BCUT2D eigenvalue weighted by Crippen LogP contribution is 2.18. The highest BCUT2D eigenvalue weighted by molar-refractivity contribution is 5.87. The summed E-state index contributed by atoms with van der Waals surface area (Å²) in [7, 11) is 0. The molecule has 0 saturated heterocycles. The molecule has 1 aromatic heterocycles. The van der Waals surface area contributed by atoms with Gasteiger partial charge in [0.05, 0.1) is 0 Å². The molecule has 7 nitrogen and oxygen atoms in total. The van der Waals surface area contributed by atoms with Crippen LogP contribution in [0.15, 0.2) is 4.52 Å². The van der Waals surface area contributed by atoms with Crippen molar-refractivity contribution in [1.82, 2.24) is 20.8 Å². The third-order valence-electron chi connectivity index (χ3n) is 3.02. The van der Waals surface area contributed by atoms with Crippen molar-refractivity contribution in [3.05, 3.63) is 11.7 Å². The number of nitrogens with zero attached hydrogens (tertiary/aromatic N) is 2. The van der Waals surface area contributed by atoms with Crippen molar-refractivity contribution in [3.63, 3.8) is 0 Å². The van der Waals surface area contributed by atoms with E-state index in [1.54, 1.807) is 6.92 Å². The van der Waals surface area contributed by atoms with Crippen molar-refractivity contribution in [2.45, 2.75) is 65.3 Å². The first kappa shape index (κ1) is 18.1. The predicted molar refractivity (Wildman–Crippen MR) is 82.2 cm³/mol. The number of amides is 2. The molecule has 1 rings (SSSR count). The lowest BCUT2D eigenvalue weighted by molar-refractivity contribution is -0.128. The zero-order chi connectivity index (χ0) is 16.8. The average Bonchev–Trinajstić information content (AvgIpc) is 2.91. The van der Waals surface area contributed by atoms with E-state index in [1.165, 1.54) is 0 Å². The maximum absolute atomic E-state index is 11.8. The molecule has 0 spiro atoms. The Morgan fingerprint density at radius 3 is 2.55 bits per heavy atom. The molecule has 7 heteroatoms. The Kier molecular flexibility index (Phi) is 6.52. The van der Waals surface area contributed by atoms with Crippen LogP contribution < -0.4 is 10.6 Å². The van der Waals surface area contributed by atoms with Gasteiger partial charge in [0.25, 0.3) is 0 Å². The zero-order valence-corrected chi connectivity index (χ0v) is 14.0. The van der Waals surface area contributed by atoms with Gasteiger partial charge in [0.2, 0.25) is 17.7 Å². The lowest BCUT2D eigenvalue weighted by Crippen LogP contribution is -2.45. The molecule has 0 aliphatic heterocycles. The molecule has 1 aromatic rings. The van der Waals surface area contributed by atoms with Crippen LogP contribution in [0.5, 0.6) is 0 Å². The minimum absolute atomic E-state index is 0.178. The Morgan fingerprint density at radius 2 is 2.00 bits per heavy atom. The van der Waals surface area contributed by atoms with Gasteiger partial charge in [0.15, 0.2) is 5.82 Å². The van der Waals surface area contributed by atoms with Crippen molar-refractivity contribution in [2.24, 2.45) is 0 Å². The molecular weight excluding hydrogens is 284 g/mol. The Bertz CT molecular complexity index is 505. The molecule has 2 amide bonds. The summed E-state index contributed by atoms with van der Waals surface area (Å²) >= 11 is 0. The number of nitrogens with one attached hydrogen (secondary N) is 2. The van der Waals surface area contributed by atoms with Crippen LogP contribution in [0, 0.1) is 0 Å². The van der Waals surface area contributed by atoms with Crippen LogP contribution in [0.1, 0.15) is 59.2 Å². The first-order valence-electron chi connectivity index (χ1n) is 7.64. The Hall–Kier alpha value is -1.92. The van der Waals surface area contributed by atoms with E-state index in [-0.39, 0.29) is 23.7 Å². The number of carbonyl (C=O) groups excluding carboxylic acids is 2. The predicted octanol–water partition coefficient (Wildman–Crippen LogP) is 1.33. The minimum atomic E-state index is -0.549. The maximum Gasteiger partial charge on any atom is 0.242 e. The van der Waals surface area contributed by atoms with Gasteiger partial charge >= 0.3 is 0 Å². The SMILES string of the molecule is CCCNC(=O)[C@@H](C)NC(=O)CCc1nc(C(C)(C)C)no1. The van der Waals surface area contributed by atoms with Gasteiger partial charge in [-0.05, 0) is 13.3 Å². The second-order valence-corrected chi connectivity index (χ2v) is 6.34. The van der Waals surface area contributed by atoms with Crippen molar-refractivity contribution in [2.75, 3.05) is 6.54 Å². The third kappa shape index (κ3) is 5.83. The van der Waals surface area contributed by atoms with Crippen molar-refractivity contribution in [3.8, 4) is 0 Å². The van der Waals surface area contributed by atoms with E-state index in [1.807, 2.05) is 27.7 Å². The standard InChI is InChI=1S/C15H26N4O3/c1-6-9-16-13(21)10(2)17-11(20)7-8-12-18-14(19-22-12)15(3,4)5/h10H,6-9H2,1-5H3,(H,16,21)(H,17,20)/t10-/m1/s1. The minimum Gasteiger partial charge on any atom is -0.354 e. The van der Waals surface area contributed by atoms with E-state index in [0.717, 1.165) is 6.42 Å². The molecule has 0 unspecified atom stereocenters. The Labute approximate surface area is 131 Å². The highest BCUT2D eigenvalue weighted by atomic mass is 16.5. The fourth-order valence-corrected chi connectivity index (χ4v) is 1.66. The number of carbonyl (C=O) groups is 2.